The summed E-state index contributed by atoms with van der Waals surface area (Å²) >= 11 is 0. The van der Waals surface area contributed by atoms with Gasteiger partial charge in [-0.15, -0.1) is 0 Å². The zero-order chi connectivity index (χ0) is 14.5. The third-order valence-corrected chi connectivity index (χ3v) is 3.40. The van der Waals surface area contributed by atoms with Gasteiger partial charge in [0.25, 0.3) is 5.91 Å². The predicted molar refractivity (Wildman–Crippen MR) is 72.0 cm³/mol. The van der Waals surface area contributed by atoms with Crippen molar-refractivity contribution in [3.63, 3.8) is 0 Å². The number of carbonyl (C=O) groups excluding carboxylic acids is 1. The van der Waals surface area contributed by atoms with E-state index in [1.807, 2.05) is 20.8 Å². The Labute approximate surface area is 113 Å². The van der Waals surface area contributed by atoms with Gasteiger partial charge in [0.15, 0.2) is 0 Å². The second-order valence-electron chi connectivity index (χ2n) is 4.70. The van der Waals surface area contributed by atoms with Gasteiger partial charge in [0.05, 0.1) is 17.5 Å². The summed E-state index contributed by atoms with van der Waals surface area (Å²) in [7, 11) is 0. The standard InChI is InChI=1S/C14H20N2O3/c1-4-14(5-2,8-12(17)18)16-13(19)11-7-6-10(3)15-9-11/h6-7,9H,4-5,8H2,1-3H3,(H,16,19)(H,17,18). The molecule has 0 aliphatic carbocycles. The fourth-order valence-corrected chi connectivity index (χ4v) is 1.93. The molecule has 2 N–H and O–H groups in total. The molecule has 1 heterocycles. The number of carbonyl (C=O) groups is 2. The summed E-state index contributed by atoms with van der Waals surface area (Å²) in [4.78, 5) is 27.1. The molecule has 0 atom stereocenters. The number of carboxylic acids is 1. The fraction of sp³-hybridized carbons (Fsp3) is 0.500. The molecule has 0 aliphatic rings. The van der Waals surface area contributed by atoms with Gasteiger partial charge in [0.2, 0.25) is 0 Å². The lowest BCUT2D eigenvalue weighted by molar-refractivity contribution is -0.138. The molecule has 1 aromatic heterocycles. The van der Waals surface area contributed by atoms with Crippen molar-refractivity contribution in [1.29, 1.82) is 0 Å². The molecule has 0 spiro atoms. The highest BCUT2D eigenvalue weighted by Crippen LogP contribution is 2.20. The number of amides is 1. The number of nitrogens with zero attached hydrogens (tertiary/aromatic N) is 1. The van der Waals surface area contributed by atoms with Gasteiger partial charge in [-0.1, -0.05) is 13.8 Å². The molecule has 19 heavy (non-hydrogen) atoms. The lowest BCUT2D eigenvalue weighted by atomic mass is 9.88. The summed E-state index contributed by atoms with van der Waals surface area (Å²) in [6.45, 7) is 5.59. The molecule has 1 rings (SSSR count). The highest BCUT2D eigenvalue weighted by atomic mass is 16.4. The second kappa shape index (κ2) is 6.31. The highest BCUT2D eigenvalue weighted by molar-refractivity contribution is 5.94. The van der Waals surface area contributed by atoms with E-state index in [0.29, 0.717) is 18.4 Å². The number of hydrogen-bond acceptors (Lipinski definition) is 3. The molecule has 0 unspecified atom stereocenters. The van der Waals surface area contributed by atoms with Crippen molar-refractivity contribution in [3.8, 4) is 0 Å². The minimum absolute atomic E-state index is 0.0783. The first kappa shape index (κ1) is 15.1. The number of pyridine rings is 1. The van der Waals surface area contributed by atoms with Gasteiger partial charge in [0, 0.05) is 11.9 Å². The Kier molecular flexibility index (Phi) is 5.03. The average molecular weight is 264 g/mol. The van der Waals surface area contributed by atoms with Crippen molar-refractivity contribution in [1.82, 2.24) is 10.3 Å². The molecule has 1 aromatic rings. The molecule has 5 heteroatoms. The van der Waals surface area contributed by atoms with E-state index in [4.69, 9.17) is 5.11 Å². The van der Waals surface area contributed by atoms with Crippen LogP contribution in [0, 0.1) is 6.92 Å². The Morgan fingerprint density at radius 3 is 2.37 bits per heavy atom. The zero-order valence-corrected chi connectivity index (χ0v) is 11.6. The van der Waals surface area contributed by atoms with Gasteiger partial charge in [0.1, 0.15) is 0 Å². The van der Waals surface area contributed by atoms with E-state index < -0.39 is 11.5 Å². The molecular weight excluding hydrogens is 244 g/mol. The summed E-state index contributed by atoms with van der Waals surface area (Å²) in [6, 6.07) is 3.44. The van der Waals surface area contributed by atoms with Crippen LogP contribution in [0.25, 0.3) is 0 Å². The first-order valence-corrected chi connectivity index (χ1v) is 6.39. The Balaban J connectivity index is 2.87. The molecule has 0 fully saturated rings. The van der Waals surface area contributed by atoms with Crippen molar-refractivity contribution in [3.05, 3.63) is 29.6 Å². The summed E-state index contributed by atoms with van der Waals surface area (Å²) in [6.07, 6.45) is 2.56. The van der Waals surface area contributed by atoms with Gasteiger partial charge in [-0.05, 0) is 31.9 Å². The quantitative estimate of drug-likeness (QED) is 0.825. The van der Waals surface area contributed by atoms with E-state index >= 15 is 0 Å². The van der Waals surface area contributed by atoms with Crippen LogP contribution in [0.4, 0.5) is 0 Å². The van der Waals surface area contributed by atoms with E-state index in [1.165, 1.54) is 6.20 Å². The number of rotatable bonds is 6. The van der Waals surface area contributed by atoms with Crippen molar-refractivity contribution in [2.75, 3.05) is 0 Å². The van der Waals surface area contributed by atoms with Crippen molar-refractivity contribution in [2.45, 2.75) is 45.6 Å². The minimum Gasteiger partial charge on any atom is -0.481 e. The zero-order valence-electron chi connectivity index (χ0n) is 11.6. The van der Waals surface area contributed by atoms with E-state index in [2.05, 4.69) is 10.3 Å². The molecule has 104 valence electrons. The Hall–Kier alpha value is -1.91. The van der Waals surface area contributed by atoms with Gasteiger partial charge >= 0.3 is 5.97 Å². The maximum absolute atomic E-state index is 12.1. The molecule has 0 bridgehead atoms. The maximum atomic E-state index is 12.1. The summed E-state index contributed by atoms with van der Waals surface area (Å²) in [5, 5.41) is 11.8. The van der Waals surface area contributed by atoms with Crippen LogP contribution in [-0.2, 0) is 4.79 Å². The number of aromatic nitrogens is 1. The van der Waals surface area contributed by atoms with E-state index in [0.717, 1.165) is 5.69 Å². The summed E-state index contributed by atoms with van der Waals surface area (Å²) < 4.78 is 0. The molecule has 0 aromatic carbocycles. The second-order valence-corrected chi connectivity index (χ2v) is 4.70. The first-order chi connectivity index (χ1) is 8.92. The van der Waals surface area contributed by atoms with Crippen LogP contribution in [0.1, 0.15) is 49.2 Å². The Morgan fingerprint density at radius 2 is 1.95 bits per heavy atom. The van der Waals surface area contributed by atoms with Gasteiger partial charge < -0.3 is 10.4 Å². The van der Waals surface area contributed by atoms with Gasteiger partial charge in [-0.25, -0.2) is 0 Å². The van der Waals surface area contributed by atoms with Crippen LogP contribution >= 0.6 is 0 Å². The van der Waals surface area contributed by atoms with E-state index in [9.17, 15) is 9.59 Å². The van der Waals surface area contributed by atoms with Crippen LogP contribution in [0.3, 0.4) is 0 Å². The highest BCUT2D eigenvalue weighted by Gasteiger charge is 2.31. The van der Waals surface area contributed by atoms with Gasteiger partial charge in [-0.3, -0.25) is 14.6 Å². The number of aliphatic carboxylic acids is 1. The SMILES string of the molecule is CCC(CC)(CC(=O)O)NC(=O)c1ccc(C)nc1. The third-order valence-electron chi connectivity index (χ3n) is 3.40. The van der Waals surface area contributed by atoms with Gasteiger partial charge in [-0.2, -0.15) is 0 Å². The van der Waals surface area contributed by atoms with Crippen LogP contribution in [0.15, 0.2) is 18.3 Å². The smallest absolute Gasteiger partial charge is 0.305 e. The topological polar surface area (TPSA) is 79.3 Å². The average Bonchev–Trinajstić information content (AvgIpc) is 2.38. The van der Waals surface area contributed by atoms with Crippen LogP contribution in [-0.4, -0.2) is 27.5 Å². The molecule has 0 radical (unpaired) electrons. The lowest BCUT2D eigenvalue weighted by Gasteiger charge is -2.31. The monoisotopic (exact) mass is 264 g/mol. The van der Waals surface area contributed by atoms with Crippen molar-refractivity contribution in [2.24, 2.45) is 0 Å². The summed E-state index contributed by atoms with van der Waals surface area (Å²) in [5.74, 6) is -1.19. The Morgan fingerprint density at radius 1 is 1.32 bits per heavy atom. The van der Waals surface area contributed by atoms with E-state index in [1.54, 1.807) is 12.1 Å². The number of aryl methyl sites for hydroxylation is 1. The molecular formula is C14H20N2O3. The van der Waals surface area contributed by atoms with Crippen molar-refractivity contribution < 1.29 is 14.7 Å². The molecule has 1 amide bonds. The normalized spacial score (nSPS) is 11.1. The van der Waals surface area contributed by atoms with Crippen LogP contribution in [0.5, 0.6) is 0 Å². The Bertz CT molecular complexity index is 450. The maximum Gasteiger partial charge on any atom is 0.305 e. The molecule has 0 saturated carbocycles. The minimum atomic E-state index is -0.911. The third kappa shape index (κ3) is 4.05. The summed E-state index contributed by atoms with van der Waals surface area (Å²) in [5.41, 5.74) is 0.579. The molecule has 0 saturated heterocycles. The predicted octanol–water partition coefficient (Wildman–Crippen LogP) is 2.15. The fourth-order valence-electron chi connectivity index (χ4n) is 1.93. The van der Waals surface area contributed by atoms with E-state index in [-0.39, 0.29) is 12.3 Å². The van der Waals surface area contributed by atoms with Crippen LogP contribution in [0.2, 0.25) is 0 Å². The first-order valence-electron chi connectivity index (χ1n) is 6.39. The molecule has 0 aliphatic heterocycles. The number of hydrogen-bond donors (Lipinski definition) is 2. The number of nitrogens with one attached hydrogen (secondary N) is 1. The largest absolute Gasteiger partial charge is 0.481 e. The van der Waals surface area contributed by atoms with Crippen LogP contribution < -0.4 is 5.32 Å². The lowest BCUT2D eigenvalue weighted by Crippen LogP contribution is -2.49. The molecule has 5 nitrogen and oxygen atoms in total. The van der Waals surface area contributed by atoms with Crippen molar-refractivity contribution >= 4 is 11.9 Å². The number of carboxylic acid groups (broad SMARTS) is 1.